The fraction of sp³-hybridized carbons (Fsp3) is 0. The van der Waals surface area contributed by atoms with Crippen LogP contribution in [0, 0.1) is 0 Å². The molecule has 2 nitrogen and oxygen atoms in total. The highest BCUT2D eigenvalue weighted by Gasteiger charge is 2.03. The quantitative estimate of drug-likeness (QED) is 0.551. The molecule has 2 aromatic carbocycles. The van der Waals surface area contributed by atoms with Gasteiger partial charge in [0, 0.05) is 5.56 Å². The molecule has 0 aliphatic rings. The number of thiocarbonyl (C=S) groups is 1. The van der Waals surface area contributed by atoms with E-state index in [1.54, 1.807) is 0 Å². The largest absolute Gasteiger partial charge is 0.290 e. The summed E-state index contributed by atoms with van der Waals surface area (Å²) in [5, 5.41) is 10.9. The molecular weight excluding hydrogens is 194 g/mol. The van der Waals surface area contributed by atoms with E-state index in [0.29, 0.717) is 4.99 Å². The highest BCUT2D eigenvalue weighted by atomic mass is 32.1. The van der Waals surface area contributed by atoms with Gasteiger partial charge in [-0.2, -0.15) is 0 Å². The molecule has 0 bridgehead atoms. The lowest BCUT2D eigenvalue weighted by molar-refractivity contribution is 0.238. The summed E-state index contributed by atoms with van der Waals surface area (Å²) in [6.07, 6.45) is 0. The van der Waals surface area contributed by atoms with Crippen molar-refractivity contribution in [2.45, 2.75) is 0 Å². The average molecular weight is 203 g/mol. The van der Waals surface area contributed by atoms with Crippen molar-refractivity contribution in [3.05, 3.63) is 48.0 Å². The van der Waals surface area contributed by atoms with Gasteiger partial charge in [0.2, 0.25) is 0 Å². The van der Waals surface area contributed by atoms with E-state index in [-0.39, 0.29) is 0 Å². The van der Waals surface area contributed by atoms with Gasteiger partial charge in [-0.1, -0.05) is 54.7 Å². The van der Waals surface area contributed by atoms with Crippen LogP contribution in [0.5, 0.6) is 0 Å². The number of hydroxylamine groups is 1. The van der Waals surface area contributed by atoms with Gasteiger partial charge in [-0.15, -0.1) is 0 Å². The van der Waals surface area contributed by atoms with Gasteiger partial charge >= 0.3 is 0 Å². The van der Waals surface area contributed by atoms with Crippen LogP contribution in [0.3, 0.4) is 0 Å². The molecule has 3 heteroatoms. The van der Waals surface area contributed by atoms with E-state index in [9.17, 15) is 0 Å². The van der Waals surface area contributed by atoms with Crippen molar-refractivity contribution in [1.29, 1.82) is 0 Å². The molecule has 0 atom stereocenters. The highest BCUT2D eigenvalue weighted by molar-refractivity contribution is 7.80. The molecule has 0 spiro atoms. The minimum Gasteiger partial charge on any atom is -0.290 e. The monoisotopic (exact) mass is 203 g/mol. The molecule has 0 aromatic heterocycles. The normalized spacial score (nSPS) is 10.1. The van der Waals surface area contributed by atoms with E-state index in [1.807, 2.05) is 47.9 Å². The molecule has 0 aliphatic heterocycles. The number of benzene rings is 2. The minimum atomic E-state index is 0.349. The Morgan fingerprint density at radius 3 is 2.57 bits per heavy atom. The van der Waals surface area contributed by atoms with Gasteiger partial charge in [-0.3, -0.25) is 10.7 Å². The predicted octanol–water partition coefficient (Wildman–Crippen LogP) is 2.49. The summed E-state index contributed by atoms with van der Waals surface area (Å²) in [4.78, 5) is 0.349. The lowest BCUT2D eigenvalue weighted by Gasteiger charge is -2.05. The number of rotatable bonds is 1. The summed E-state index contributed by atoms with van der Waals surface area (Å²) in [6, 6.07) is 13.7. The number of hydrogen-bond acceptors (Lipinski definition) is 2. The van der Waals surface area contributed by atoms with E-state index in [1.165, 1.54) is 0 Å². The van der Waals surface area contributed by atoms with Crippen LogP contribution in [0.15, 0.2) is 42.5 Å². The number of hydrogen-bond donors (Lipinski definition) is 2. The Balaban J connectivity index is 2.71. The lowest BCUT2D eigenvalue weighted by atomic mass is 10.0. The average Bonchev–Trinajstić information content (AvgIpc) is 2.27. The van der Waals surface area contributed by atoms with Crippen molar-refractivity contribution in [1.82, 2.24) is 5.48 Å². The molecule has 0 saturated carbocycles. The van der Waals surface area contributed by atoms with Crippen LogP contribution in [0.4, 0.5) is 0 Å². The molecule has 0 radical (unpaired) electrons. The first-order chi connectivity index (χ1) is 6.83. The summed E-state index contributed by atoms with van der Waals surface area (Å²) in [5.41, 5.74) is 2.85. The summed E-state index contributed by atoms with van der Waals surface area (Å²) in [7, 11) is 0. The maximum atomic E-state index is 8.76. The summed E-state index contributed by atoms with van der Waals surface area (Å²) in [6.45, 7) is 0. The van der Waals surface area contributed by atoms with Crippen LogP contribution in [-0.4, -0.2) is 10.2 Å². The first kappa shape index (κ1) is 9.12. The summed E-state index contributed by atoms with van der Waals surface area (Å²) >= 11 is 4.99. The lowest BCUT2D eigenvalue weighted by Crippen LogP contribution is -2.17. The van der Waals surface area contributed by atoms with E-state index >= 15 is 0 Å². The van der Waals surface area contributed by atoms with Crippen LogP contribution in [0.1, 0.15) is 5.56 Å². The smallest absolute Gasteiger partial charge is 0.131 e. The van der Waals surface area contributed by atoms with Gasteiger partial charge < -0.3 is 0 Å². The third-order valence-corrected chi connectivity index (χ3v) is 2.45. The Morgan fingerprint density at radius 2 is 1.79 bits per heavy atom. The van der Waals surface area contributed by atoms with Crippen LogP contribution in [-0.2, 0) is 0 Å². The Labute approximate surface area is 87.1 Å². The van der Waals surface area contributed by atoms with Gasteiger partial charge in [0.05, 0.1) is 0 Å². The molecule has 0 saturated heterocycles. The van der Waals surface area contributed by atoms with Gasteiger partial charge in [-0.25, -0.2) is 0 Å². The number of fused-ring (bicyclic) bond motifs is 1. The molecule has 0 fully saturated rings. The van der Waals surface area contributed by atoms with Gasteiger partial charge in [0.25, 0.3) is 0 Å². The topological polar surface area (TPSA) is 32.3 Å². The Morgan fingerprint density at radius 1 is 1.07 bits per heavy atom. The maximum absolute atomic E-state index is 8.76. The molecule has 14 heavy (non-hydrogen) atoms. The zero-order valence-electron chi connectivity index (χ0n) is 7.40. The second-order valence-corrected chi connectivity index (χ2v) is 3.38. The predicted molar refractivity (Wildman–Crippen MR) is 60.6 cm³/mol. The standard InChI is InChI=1S/C11H9NOS/c13-12-11(14)10-7-3-5-8-4-1-2-6-9(8)10/h1-7,13H,(H,12,14). The second kappa shape index (κ2) is 3.74. The Kier molecular flexibility index (Phi) is 2.43. The van der Waals surface area contributed by atoms with Crippen molar-refractivity contribution in [2.75, 3.05) is 0 Å². The second-order valence-electron chi connectivity index (χ2n) is 2.97. The SMILES string of the molecule is ONC(=S)c1cccc2ccccc12. The van der Waals surface area contributed by atoms with Crippen LogP contribution < -0.4 is 5.48 Å². The van der Waals surface area contributed by atoms with Crippen LogP contribution in [0.2, 0.25) is 0 Å². The third-order valence-electron chi connectivity index (χ3n) is 2.14. The Hall–Kier alpha value is -1.45. The first-order valence-electron chi connectivity index (χ1n) is 4.25. The summed E-state index contributed by atoms with van der Waals surface area (Å²) in [5.74, 6) is 0. The molecule has 2 N–H and O–H groups in total. The van der Waals surface area contributed by atoms with E-state index in [2.05, 4.69) is 0 Å². The van der Waals surface area contributed by atoms with Crippen molar-refractivity contribution < 1.29 is 5.21 Å². The fourth-order valence-electron chi connectivity index (χ4n) is 1.48. The van der Waals surface area contributed by atoms with E-state index in [4.69, 9.17) is 17.4 Å². The molecule has 0 unspecified atom stereocenters. The van der Waals surface area contributed by atoms with Crippen molar-refractivity contribution in [3.63, 3.8) is 0 Å². The fourth-order valence-corrected chi connectivity index (χ4v) is 1.66. The molecule has 2 rings (SSSR count). The molecule has 0 aliphatic carbocycles. The minimum absolute atomic E-state index is 0.349. The third kappa shape index (κ3) is 1.47. The van der Waals surface area contributed by atoms with Crippen molar-refractivity contribution in [2.24, 2.45) is 0 Å². The molecule has 0 amide bonds. The van der Waals surface area contributed by atoms with Crippen LogP contribution in [0.25, 0.3) is 10.8 Å². The van der Waals surface area contributed by atoms with Crippen molar-refractivity contribution >= 4 is 28.0 Å². The zero-order chi connectivity index (χ0) is 9.97. The summed E-state index contributed by atoms with van der Waals surface area (Å²) < 4.78 is 0. The van der Waals surface area contributed by atoms with Gasteiger partial charge in [0.1, 0.15) is 4.99 Å². The molecule has 70 valence electrons. The van der Waals surface area contributed by atoms with E-state index < -0.39 is 0 Å². The molecular formula is C11H9NOS. The zero-order valence-corrected chi connectivity index (χ0v) is 8.21. The Bertz CT molecular complexity index is 476. The molecule has 2 aromatic rings. The highest BCUT2D eigenvalue weighted by Crippen LogP contribution is 2.18. The van der Waals surface area contributed by atoms with Crippen LogP contribution >= 0.6 is 12.2 Å². The maximum Gasteiger partial charge on any atom is 0.131 e. The first-order valence-corrected chi connectivity index (χ1v) is 4.66. The van der Waals surface area contributed by atoms with Gasteiger partial charge in [-0.05, 0) is 10.8 Å². The number of nitrogens with one attached hydrogen (secondary N) is 1. The van der Waals surface area contributed by atoms with E-state index in [0.717, 1.165) is 16.3 Å². The van der Waals surface area contributed by atoms with Gasteiger partial charge in [0.15, 0.2) is 0 Å². The molecule has 0 heterocycles. The van der Waals surface area contributed by atoms with Crippen molar-refractivity contribution in [3.8, 4) is 0 Å².